The third-order valence-corrected chi connectivity index (χ3v) is 3.77. The molecule has 0 radical (unpaired) electrons. The van der Waals surface area contributed by atoms with Crippen LogP contribution in [0.1, 0.15) is 19.3 Å². The van der Waals surface area contributed by atoms with Gasteiger partial charge in [0, 0.05) is 28.4 Å². The molecule has 0 heterocycles. The number of carbonyl (C=O) groups excluding carboxylic acids is 1. The number of anilines is 1. The maximum atomic E-state index is 11.4. The molecule has 0 atom stereocenters. The van der Waals surface area contributed by atoms with Gasteiger partial charge in [0.25, 0.3) is 0 Å². The number of nitrogens with one attached hydrogen (secondary N) is 1. The van der Waals surface area contributed by atoms with Crippen LogP contribution in [0.15, 0.2) is 34.4 Å². The molecule has 2 rings (SSSR count). The van der Waals surface area contributed by atoms with E-state index in [1.54, 1.807) is 6.20 Å². The van der Waals surface area contributed by atoms with Crippen molar-refractivity contribution in [1.29, 1.82) is 0 Å². The van der Waals surface area contributed by atoms with Gasteiger partial charge in [-0.1, -0.05) is 11.6 Å². The van der Waals surface area contributed by atoms with Crippen LogP contribution in [0.5, 0.6) is 0 Å². The summed E-state index contributed by atoms with van der Waals surface area (Å²) in [5.41, 5.74) is 1.76. The highest BCUT2D eigenvalue weighted by Gasteiger charge is 2.16. The first kappa shape index (κ1) is 11.7. The Balaban J connectivity index is 2.09. The molecule has 1 fully saturated rings. The molecule has 1 aromatic rings. The second-order valence-electron chi connectivity index (χ2n) is 3.72. The Morgan fingerprint density at radius 2 is 2.19 bits per heavy atom. The minimum atomic E-state index is 0.246. The Labute approximate surface area is 108 Å². The van der Waals surface area contributed by atoms with E-state index in [2.05, 4.69) is 21.2 Å². The summed E-state index contributed by atoms with van der Waals surface area (Å²) in [5, 5.41) is 3.75. The summed E-state index contributed by atoms with van der Waals surface area (Å²) in [6, 6.07) is 5.61. The summed E-state index contributed by atoms with van der Waals surface area (Å²) in [6.07, 6.45) is 4.30. The Bertz CT molecular complexity index is 456. The summed E-state index contributed by atoms with van der Waals surface area (Å²) in [7, 11) is 0. The lowest BCUT2D eigenvalue weighted by molar-refractivity contribution is -0.114. The highest BCUT2D eigenvalue weighted by molar-refractivity contribution is 9.10. The number of ketones is 1. The van der Waals surface area contributed by atoms with Gasteiger partial charge in [0.1, 0.15) is 0 Å². The van der Waals surface area contributed by atoms with Gasteiger partial charge in [-0.25, -0.2) is 0 Å². The molecule has 84 valence electrons. The van der Waals surface area contributed by atoms with Crippen LogP contribution in [0.4, 0.5) is 5.69 Å². The number of hydrogen-bond donors (Lipinski definition) is 1. The first-order valence-electron chi connectivity index (χ1n) is 5.10. The summed E-state index contributed by atoms with van der Waals surface area (Å²) in [4.78, 5) is 11.4. The van der Waals surface area contributed by atoms with E-state index in [4.69, 9.17) is 11.6 Å². The van der Waals surface area contributed by atoms with Crippen molar-refractivity contribution in [2.45, 2.75) is 19.3 Å². The molecule has 1 aliphatic carbocycles. The molecule has 0 aliphatic heterocycles. The number of allylic oxidation sites excluding steroid dienone is 1. The van der Waals surface area contributed by atoms with Crippen LogP contribution in [0.2, 0.25) is 5.02 Å². The average Bonchev–Trinajstić information content (AvgIpc) is 2.66. The zero-order valence-corrected chi connectivity index (χ0v) is 10.9. The van der Waals surface area contributed by atoms with Crippen LogP contribution in [-0.2, 0) is 4.79 Å². The van der Waals surface area contributed by atoms with Crippen molar-refractivity contribution >= 4 is 39.0 Å². The zero-order valence-electron chi connectivity index (χ0n) is 8.59. The van der Waals surface area contributed by atoms with E-state index in [9.17, 15) is 4.79 Å². The summed E-state index contributed by atoms with van der Waals surface area (Å²) in [5.74, 6) is 0.246. The van der Waals surface area contributed by atoms with Crippen LogP contribution < -0.4 is 5.32 Å². The minimum Gasteiger partial charge on any atom is -0.361 e. The first-order valence-corrected chi connectivity index (χ1v) is 6.28. The minimum absolute atomic E-state index is 0.246. The molecule has 0 unspecified atom stereocenters. The van der Waals surface area contributed by atoms with Gasteiger partial charge in [0.15, 0.2) is 5.78 Å². The normalized spacial score (nSPS) is 18.1. The number of Topliss-reactive ketones (excluding diaryl/α,β-unsaturated/α-hetero) is 1. The van der Waals surface area contributed by atoms with Crippen LogP contribution >= 0.6 is 27.5 Å². The van der Waals surface area contributed by atoms with E-state index < -0.39 is 0 Å². The van der Waals surface area contributed by atoms with Gasteiger partial charge < -0.3 is 5.32 Å². The van der Waals surface area contributed by atoms with Crippen molar-refractivity contribution in [2.75, 3.05) is 5.32 Å². The summed E-state index contributed by atoms with van der Waals surface area (Å²) < 4.78 is 0.865. The fourth-order valence-corrected chi connectivity index (χ4v) is 2.08. The molecule has 0 amide bonds. The average molecular weight is 301 g/mol. The fraction of sp³-hybridized carbons (Fsp3) is 0.250. The van der Waals surface area contributed by atoms with Crippen molar-refractivity contribution in [1.82, 2.24) is 0 Å². The standard InChI is InChI=1S/C12H11BrClNO/c13-10-5-4-9(6-11(10)14)15-7-8-2-1-3-12(8)16/h4-7,15H,1-3H2. The van der Waals surface area contributed by atoms with Crippen molar-refractivity contribution in [3.05, 3.63) is 39.5 Å². The second kappa shape index (κ2) is 5.02. The molecule has 1 aromatic carbocycles. The Morgan fingerprint density at radius 3 is 2.81 bits per heavy atom. The number of rotatable bonds is 2. The van der Waals surface area contributed by atoms with Gasteiger partial charge >= 0.3 is 0 Å². The van der Waals surface area contributed by atoms with Crippen LogP contribution in [0, 0.1) is 0 Å². The quantitative estimate of drug-likeness (QED) is 0.831. The van der Waals surface area contributed by atoms with Gasteiger partial charge in [0.2, 0.25) is 0 Å². The SMILES string of the molecule is O=C1CCCC1=CNc1ccc(Br)c(Cl)c1. The molecule has 4 heteroatoms. The largest absolute Gasteiger partial charge is 0.361 e. The molecule has 0 aromatic heterocycles. The van der Waals surface area contributed by atoms with Crippen molar-refractivity contribution < 1.29 is 4.79 Å². The van der Waals surface area contributed by atoms with Gasteiger partial charge in [-0.05, 0) is 47.0 Å². The van der Waals surface area contributed by atoms with E-state index in [0.717, 1.165) is 28.6 Å². The number of carbonyl (C=O) groups is 1. The third-order valence-electron chi connectivity index (χ3n) is 2.54. The van der Waals surface area contributed by atoms with E-state index in [0.29, 0.717) is 11.4 Å². The van der Waals surface area contributed by atoms with Crippen LogP contribution in [-0.4, -0.2) is 5.78 Å². The predicted octanol–water partition coefficient (Wildman–Crippen LogP) is 4.15. The predicted molar refractivity (Wildman–Crippen MR) is 69.7 cm³/mol. The molecular weight excluding hydrogens is 289 g/mol. The van der Waals surface area contributed by atoms with Crippen molar-refractivity contribution in [3.63, 3.8) is 0 Å². The number of hydrogen-bond acceptors (Lipinski definition) is 2. The lowest BCUT2D eigenvalue weighted by Crippen LogP contribution is -1.96. The highest BCUT2D eigenvalue weighted by Crippen LogP contribution is 2.26. The number of halogens is 2. The fourth-order valence-electron chi connectivity index (χ4n) is 1.65. The summed E-state index contributed by atoms with van der Waals surface area (Å²) in [6.45, 7) is 0. The zero-order chi connectivity index (χ0) is 11.5. The lowest BCUT2D eigenvalue weighted by Gasteiger charge is -2.03. The Hall–Kier alpha value is -0.800. The molecule has 0 bridgehead atoms. The molecule has 0 spiro atoms. The Kier molecular flexibility index (Phi) is 3.66. The third kappa shape index (κ3) is 2.66. The van der Waals surface area contributed by atoms with E-state index in [-0.39, 0.29) is 5.78 Å². The molecular formula is C12H11BrClNO. The maximum absolute atomic E-state index is 11.4. The smallest absolute Gasteiger partial charge is 0.160 e. The topological polar surface area (TPSA) is 29.1 Å². The Morgan fingerprint density at radius 1 is 1.38 bits per heavy atom. The molecule has 1 aliphatic rings. The highest BCUT2D eigenvalue weighted by atomic mass is 79.9. The maximum Gasteiger partial charge on any atom is 0.160 e. The van der Waals surface area contributed by atoms with Gasteiger partial charge in [-0.2, -0.15) is 0 Å². The van der Waals surface area contributed by atoms with Crippen LogP contribution in [0.25, 0.3) is 0 Å². The van der Waals surface area contributed by atoms with E-state index in [1.165, 1.54) is 0 Å². The monoisotopic (exact) mass is 299 g/mol. The lowest BCUT2D eigenvalue weighted by atomic mass is 10.2. The molecule has 16 heavy (non-hydrogen) atoms. The van der Waals surface area contributed by atoms with E-state index >= 15 is 0 Å². The number of benzene rings is 1. The summed E-state index contributed by atoms with van der Waals surface area (Å²) >= 11 is 9.29. The molecule has 1 saturated carbocycles. The van der Waals surface area contributed by atoms with Gasteiger partial charge in [-0.15, -0.1) is 0 Å². The molecule has 0 saturated heterocycles. The van der Waals surface area contributed by atoms with E-state index in [1.807, 2.05) is 18.2 Å². The van der Waals surface area contributed by atoms with Gasteiger partial charge in [-0.3, -0.25) is 4.79 Å². The second-order valence-corrected chi connectivity index (χ2v) is 4.98. The molecule has 1 N–H and O–H groups in total. The van der Waals surface area contributed by atoms with Crippen molar-refractivity contribution in [2.24, 2.45) is 0 Å². The molecule has 2 nitrogen and oxygen atoms in total. The van der Waals surface area contributed by atoms with Gasteiger partial charge in [0.05, 0.1) is 5.02 Å². The first-order chi connectivity index (χ1) is 7.66. The van der Waals surface area contributed by atoms with Crippen LogP contribution in [0.3, 0.4) is 0 Å². The van der Waals surface area contributed by atoms with Crippen molar-refractivity contribution in [3.8, 4) is 0 Å².